The van der Waals surface area contributed by atoms with Crippen molar-refractivity contribution in [2.24, 2.45) is 0 Å². The zero-order valence-corrected chi connectivity index (χ0v) is 16.8. The summed E-state index contributed by atoms with van der Waals surface area (Å²) in [4.78, 5) is 13.1. The predicted molar refractivity (Wildman–Crippen MR) is 105 cm³/mol. The number of amides is 1. The van der Waals surface area contributed by atoms with Gasteiger partial charge in [-0.1, -0.05) is 41.6 Å². The van der Waals surface area contributed by atoms with Crippen LogP contribution in [0.3, 0.4) is 0 Å². The fraction of sp³-hybridized carbons (Fsp3) is 0.211. The highest BCUT2D eigenvalue weighted by Gasteiger charge is 2.37. The minimum absolute atomic E-state index is 0.0431. The second kappa shape index (κ2) is 8.19. The zero-order valence-electron chi connectivity index (χ0n) is 15.3. The highest BCUT2D eigenvalue weighted by Crippen LogP contribution is 2.33. The molecule has 0 saturated heterocycles. The van der Waals surface area contributed by atoms with E-state index in [0.717, 1.165) is 6.07 Å². The smallest absolute Gasteiger partial charge is 0.417 e. The number of thioether (sulfide) groups is 1. The number of alkyl halides is 3. The van der Waals surface area contributed by atoms with Crippen molar-refractivity contribution < 1.29 is 22.7 Å². The van der Waals surface area contributed by atoms with Gasteiger partial charge in [-0.15, -0.1) is 10.2 Å². The fourth-order valence-corrected chi connectivity index (χ4v) is 4.05. The molecule has 6 nitrogen and oxygen atoms in total. The maximum Gasteiger partial charge on any atom is 0.417 e. The summed E-state index contributed by atoms with van der Waals surface area (Å²) in [6.45, 7) is 0.156. The first-order valence-corrected chi connectivity index (χ1v) is 10.1. The topological polar surface area (TPSA) is 60.3 Å². The van der Waals surface area contributed by atoms with Crippen molar-refractivity contribution in [3.8, 4) is 5.75 Å². The van der Waals surface area contributed by atoms with E-state index in [0.29, 0.717) is 21.7 Å². The Kier molecular flexibility index (Phi) is 5.61. The van der Waals surface area contributed by atoms with Gasteiger partial charge in [0, 0.05) is 10.8 Å². The van der Waals surface area contributed by atoms with E-state index in [2.05, 4.69) is 10.2 Å². The number of nitrogens with zero attached hydrogens (tertiary/aromatic N) is 4. The van der Waals surface area contributed by atoms with Gasteiger partial charge in [-0.25, -0.2) is 9.69 Å². The van der Waals surface area contributed by atoms with Gasteiger partial charge in [0.2, 0.25) is 5.16 Å². The lowest BCUT2D eigenvalue weighted by molar-refractivity contribution is -0.137. The summed E-state index contributed by atoms with van der Waals surface area (Å²) in [5.74, 6) is 0.472. The minimum atomic E-state index is -4.65. The Morgan fingerprint density at radius 2 is 1.97 bits per heavy atom. The van der Waals surface area contributed by atoms with Crippen molar-refractivity contribution in [3.05, 3.63) is 70.5 Å². The lowest BCUT2D eigenvalue weighted by Crippen LogP contribution is -2.46. The fourth-order valence-electron chi connectivity index (χ4n) is 2.99. The highest BCUT2D eigenvalue weighted by molar-refractivity contribution is 7.99. The zero-order chi connectivity index (χ0) is 21.3. The van der Waals surface area contributed by atoms with Crippen LogP contribution in [0.25, 0.3) is 0 Å². The molecule has 0 saturated carbocycles. The van der Waals surface area contributed by atoms with Crippen LogP contribution >= 0.6 is 23.4 Å². The molecule has 1 aromatic heterocycles. The highest BCUT2D eigenvalue weighted by atomic mass is 35.5. The van der Waals surface area contributed by atoms with Crippen LogP contribution in [0, 0.1) is 0 Å². The standard InChI is InChI=1S/C19H14ClF3N4O2S/c20-12-4-3-5-13(10-12)29-11-16-24-25-18-27(16)26(8-9-30-18)17(28)14-6-1-2-7-15(14)19(21,22)23/h1-7,10H,8-9,11H2. The van der Waals surface area contributed by atoms with E-state index >= 15 is 0 Å². The van der Waals surface area contributed by atoms with E-state index in [1.807, 2.05) is 0 Å². The van der Waals surface area contributed by atoms with E-state index < -0.39 is 23.2 Å². The van der Waals surface area contributed by atoms with Crippen LogP contribution in [0.2, 0.25) is 5.02 Å². The number of ether oxygens (including phenoxy) is 1. The number of rotatable bonds is 4. The summed E-state index contributed by atoms with van der Waals surface area (Å²) in [6, 6.07) is 11.4. The first-order chi connectivity index (χ1) is 14.3. The summed E-state index contributed by atoms with van der Waals surface area (Å²) in [6.07, 6.45) is -4.65. The minimum Gasteiger partial charge on any atom is -0.485 e. The molecule has 3 aromatic rings. The summed E-state index contributed by atoms with van der Waals surface area (Å²) in [5.41, 5.74) is -1.42. The summed E-state index contributed by atoms with van der Waals surface area (Å²) >= 11 is 7.30. The van der Waals surface area contributed by atoms with Crippen molar-refractivity contribution in [2.75, 3.05) is 17.3 Å². The molecule has 11 heteroatoms. The monoisotopic (exact) mass is 454 g/mol. The van der Waals surface area contributed by atoms with E-state index in [4.69, 9.17) is 16.3 Å². The van der Waals surface area contributed by atoms with E-state index in [1.54, 1.807) is 24.3 Å². The SMILES string of the molecule is O=C(c1ccccc1C(F)(F)F)N1CCSc2nnc(COc3cccc(Cl)c3)n21. The van der Waals surface area contributed by atoms with Gasteiger partial charge in [-0.3, -0.25) is 4.79 Å². The molecule has 2 heterocycles. The first-order valence-electron chi connectivity index (χ1n) is 8.78. The number of halogens is 4. The van der Waals surface area contributed by atoms with Crippen LogP contribution in [0.1, 0.15) is 21.7 Å². The first kappa shape index (κ1) is 20.5. The Morgan fingerprint density at radius 1 is 1.17 bits per heavy atom. The average Bonchev–Trinajstić information content (AvgIpc) is 3.14. The quantitative estimate of drug-likeness (QED) is 0.584. The third kappa shape index (κ3) is 4.10. The lowest BCUT2D eigenvalue weighted by atomic mass is 10.1. The van der Waals surface area contributed by atoms with Crippen LogP contribution in [-0.2, 0) is 12.8 Å². The maximum absolute atomic E-state index is 13.4. The van der Waals surface area contributed by atoms with Gasteiger partial charge in [0.15, 0.2) is 5.82 Å². The number of benzene rings is 2. The van der Waals surface area contributed by atoms with Crippen LogP contribution in [-0.4, -0.2) is 33.1 Å². The van der Waals surface area contributed by atoms with Gasteiger partial charge < -0.3 is 4.74 Å². The van der Waals surface area contributed by atoms with E-state index in [9.17, 15) is 18.0 Å². The molecule has 0 unspecified atom stereocenters. The molecule has 2 aromatic carbocycles. The summed E-state index contributed by atoms with van der Waals surface area (Å²) in [5, 5.41) is 10.2. The normalized spacial score (nSPS) is 13.8. The number of carbonyl (C=O) groups excluding carboxylic acids is 1. The lowest BCUT2D eigenvalue weighted by Gasteiger charge is -2.29. The van der Waals surface area contributed by atoms with Crippen LogP contribution in [0.15, 0.2) is 53.7 Å². The van der Waals surface area contributed by atoms with Crippen molar-refractivity contribution in [3.63, 3.8) is 0 Å². The Bertz CT molecular complexity index is 1090. The predicted octanol–water partition coefficient (Wildman–Crippen LogP) is 4.41. The molecular weight excluding hydrogens is 441 g/mol. The molecule has 156 valence electrons. The molecule has 0 aliphatic carbocycles. The number of fused-ring (bicyclic) bond motifs is 1. The van der Waals surface area contributed by atoms with Gasteiger partial charge in [0.25, 0.3) is 5.91 Å². The van der Waals surface area contributed by atoms with Crippen LogP contribution in [0.4, 0.5) is 13.2 Å². The van der Waals surface area contributed by atoms with Gasteiger partial charge >= 0.3 is 6.18 Å². The molecule has 1 aliphatic heterocycles. The second-order valence-electron chi connectivity index (χ2n) is 6.28. The molecule has 0 N–H and O–H groups in total. The van der Waals surface area contributed by atoms with Crippen molar-refractivity contribution in [2.45, 2.75) is 17.9 Å². The van der Waals surface area contributed by atoms with Gasteiger partial charge in [-0.05, 0) is 30.3 Å². The molecule has 0 spiro atoms. The largest absolute Gasteiger partial charge is 0.485 e. The van der Waals surface area contributed by atoms with Crippen molar-refractivity contribution in [1.82, 2.24) is 14.9 Å². The Hall–Kier alpha value is -2.72. The molecule has 1 aliphatic rings. The van der Waals surface area contributed by atoms with Crippen molar-refractivity contribution >= 4 is 29.3 Å². The third-order valence-corrected chi connectivity index (χ3v) is 5.45. The number of hydrogen-bond acceptors (Lipinski definition) is 5. The number of hydrogen-bond donors (Lipinski definition) is 0. The third-order valence-electron chi connectivity index (χ3n) is 4.31. The molecule has 4 rings (SSSR count). The van der Waals surface area contributed by atoms with Crippen LogP contribution < -0.4 is 9.75 Å². The van der Waals surface area contributed by atoms with Crippen LogP contribution in [0.5, 0.6) is 5.75 Å². The van der Waals surface area contributed by atoms with E-state index in [1.165, 1.54) is 39.6 Å². The second-order valence-corrected chi connectivity index (χ2v) is 7.78. The van der Waals surface area contributed by atoms with Gasteiger partial charge in [0.05, 0.1) is 17.7 Å². The molecule has 0 atom stereocenters. The van der Waals surface area contributed by atoms with Gasteiger partial charge in [0.1, 0.15) is 12.4 Å². The summed E-state index contributed by atoms with van der Waals surface area (Å²) in [7, 11) is 0. The van der Waals surface area contributed by atoms with Gasteiger partial charge in [-0.2, -0.15) is 13.2 Å². The molecule has 0 fully saturated rings. The van der Waals surface area contributed by atoms with E-state index in [-0.39, 0.29) is 19.0 Å². The summed E-state index contributed by atoms with van der Waals surface area (Å²) < 4.78 is 47.3. The molecule has 30 heavy (non-hydrogen) atoms. The van der Waals surface area contributed by atoms with Crippen molar-refractivity contribution in [1.29, 1.82) is 0 Å². The maximum atomic E-state index is 13.4. The number of carbonyl (C=O) groups is 1. The average molecular weight is 455 g/mol. The molecule has 0 bridgehead atoms. The Labute approximate surface area is 178 Å². The Morgan fingerprint density at radius 3 is 2.73 bits per heavy atom. The Balaban J connectivity index is 1.64. The molecule has 0 radical (unpaired) electrons. The number of aromatic nitrogens is 3. The molecule has 1 amide bonds. The molecular formula is C19H14ClF3N4O2S.